The second-order valence-corrected chi connectivity index (χ2v) is 6.68. The van der Waals surface area contributed by atoms with E-state index >= 15 is 0 Å². The summed E-state index contributed by atoms with van der Waals surface area (Å²) in [7, 11) is 0. The SMILES string of the molecule is Cc1nc2c(cnn2C(C)C)cc1C(=O)N1C[C@H](C)O[C@@H](C)C1. The summed E-state index contributed by atoms with van der Waals surface area (Å²) in [5.41, 5.74) is 2.23. The molecule has 23 heavy (non-hydrogen) atoms. The fraction of sp³-hybridized carbons (Fsp3) is 0.588. The van der Waals surface area contributed by atoms with E-state index < -0.39 is 0 Å². The van der Waals surface area contributed by atoms with Crippen molar-refractivity contribution in [1.82, 2.24) is 19.7 Å². The molecule has 0 unspecified atom stereocenters. The van der Waals surface area contributed by atoms with Gasteiger partial charge in [-0.1, -0.05) is 0 Å². The van der Waals surface area contributed by atoms with Crippen molar-refractivity contribution in [2.45, 2.75) is 52.9 Å². The number of pyridine rings is 1. The lowest BCUT2D eigenvalue weighted by Crippen LogP contribution is -2.48. The third-order valence-corrected chi connectivity index (χ3v) is 4.19. The van der Waals surface area contributed by atoms with Crippen molar-refractivity contribution in [3.63, 3.8) is 0 Å². The molecule has 6 heteroatoms. The Morgan fingerprint density at radius 3 is 2.57 bits per heavy atom. The van der Waals surface area contributed by atoms with Gasteiger partial charge in [-0.25, -0.2) is 9.67 Å². The molecule has 1 aliphatic rings. The zero-order chi connectivity index (χ0) is 16.7. The van der Waals surface area contributed by atoms with Crippen LogP contribution in [0.5, 0.6) is 0 Å². The number of morpholine rings is 1. The van der Waals surface area contributed by atoms with Crippen LogP contribution in [0.15, 0.2) is 12.3 Å². The molecule has 2 aromatic heterocycles. The van der Waals surface area contributed by atoms with Crippen LogP contribution in [0.3, 0.4) is 0 Å². The zero-order valence-electron chi connectivity index (χ0n) is 14.4. The van der Waals surface area contributed by atoms with Crippen LogP contribution in [0.25, 0.3) is 11.0 Å². The lowest BCUT2D eigenvalue weighted by atomic mass is 10.1. The summed E-state index contributed by atoms with van der Waals surface area (Å²) in [4.78, 5) is 19.4. The van der Waals surface area contributed by atoms with E-state index in [1.54, 1.807) is 6.20 Å². The lowest BCUT2D eigenvalue weighted by molar-refractivity contribution is -0.0586. The largest absolute Gasteiger partial charge is 0.372 e. The number of ether oxygens (including phenoxy) is 1. The highest BCUT2D eigenvalue weighted by molar-refractivity contribution is 5.98. The first-order valence-corrected chi connectivity index (χ1v) is 8.16. The van der Waals surface area contributed by atoms with E-state index in [0.717, 1.165) is 16.7 Å². The van der Waals surface area contributed by atoms with Gasteiger partial charge in [-0.2, -0.15) is 5.10 Å². The Hall–Kier alpha value is -1.95. The minimum absolute atomic E-state index is 0.0243. The molecule has 0 bridgehead atoms. The van der Waals surface area contributed by atoms with Gasteiger partial charge < -0.3 is 9.64 Å². The highest BCUT2D eigenvalue weighted by Gasteiger charge is 2.28. The molecule has 6 nitrogen and oxygen atoms in total. The number of carbonyl (C=O) groups excluding carboxylic acids is 1. The summed E-state index contributed by atoms with van der Waals surface area (Å²) < 4.78 is 7.59. The molecule has 3 rings (SSSR count). The third-order valence-electron chi connectivity index (χ3n) is 4.19. The normalized spacial score (nSPS) is 22.1. The molecule has 3 heterocycles. The highest BCUT2D eigenvalue weighted by Crippen LogP contribution is 2.22. The van der Waals surface area contributed by atoms with Crippen molar-refractivity contribution in [2.24, 2.45) is 0 Å². The molecule has 124 valence electrons. The van der Waals surface area contributed by atoms with Gasteiger partial charge in [0.15, 0.2) is 5.65 Å². The number of hydrogen-bond donors (Lipinski definition) is 0. The average molecular weight is 316 g/mol. The molecule has 0 aromatic carbocycles. The molecule has 0 aliphatic carbocycles. The topological polar surface area (TPSA) is 60.2 Å². The summed E-state index contributed by atoms with van der Waals surface area (Å²) in [6.45, 7) is 11.3. The predicted octanol–water partition coefficient (Wildman–Crippen LogP) is 2.57. The van der Waals surface area contributed by atoms with Crippen LogP contribution in [-0.2, 0) is 4.74 Å². The fourth-order valence-electron chi connectivity index (χ4n) is 3.17. The van der Waals surface area contributed by atoms with E-state index in [1.165, 1.54) is 0 Å². The van der Waals surface area contributed by atoms with E-state index in [2.05, 4.69) is 23.9 Å². The number of rotatable bonds is 2. The first kappa shape index (κ1) is 15.9. The molecule has 1 amide bonds. The second kappa shape index (κ2) is 5.92. The first-order valence-electron chi connectivity index (χ1n) is 8.16. The van der Waals surface area contributed by atoms with Gasteiger partial charge in [-0.15, -0.1) is 0 Å². The van der Waals surface area contributed by atoms with Crippen molar-refractivity contribution in [2.75, 3.05) is 13.1 Å². The molecule has 0 N–H and O–H groups in total. The van der Waals surface area contributed by atoms with Crippen molar-refractivity contribution in [1.29, 1.82) is 0 Å². The van der Waals surface area contributed by atoms with Gasteiger partial charge in [-0.3, -0.25) is 4.79 Å². The summed E-state index contributed by atoms with van der Waals surface area (Å²) in [5.74, 6) is 0.0243. The van der Waals surface area contributed by atoms with Gasteiger partial charge in [0.05, 0.1) is 29.7 Å². The minimum atomic E-state index is 0.0243. The number of aromatic nitrogens is 3. The van der Waals surface area contributed by atoms with E-state index in [0.29, 0.717) is 18.7 Å². The van der Waals surface area contributed by atoms with Crippen LogP contribution in [0.2, 0.25) is 0 Å². The van der Waals surface area contributed by atoms with Crippen molar-refractivity contribution in [3.05, 3.63) is 23.5 Å². The van der Waals surface area contributed by atoms with Crippen molar-refractivity contribution in [3.8, 4) is 0 Å². The Morgan fingerprint density at radius 2 is 1.96 bits per heavy atom. The second-order valence-electron chi connectivity index (χ2n) is 6.68. The molecule has 0 saturated carbocycles. The zero-order valence-corrected chi connectivity index (χ0v) is 14.4. The van der Waals surface area contributed by atoms with Crippen LogP contribution >= 0.6 is 0 Å². The molecule has 2 atom stereocenters. The molecule has 1 aliphatic heterocycles. The van der Waals surface area contributed by atoms with E-state index in [4.69, 9.17) is 4.74 Å². The average Bonchev–Trinajstić information content (AvgIpc) is 2.87. The van der Waals surface area contributed by atoms with Gasteiger partial charge in [-0.05, 0) is 40.7 Å². The number of carbonyl (C=O) groups is 1. The van der Waals surface area contributed by atoms with Gasteiger partial charge in [0.2, 0.25) is 0 Å². The number of aryl methyl sites for hydroxylation is 1. The summed E-state index contributed by atoms with van der Waals surface area (Å²) >= 11 is 0. The molecule has 2 aromatic rings. The summed E-state index contributed by atoms with van der Waals surface area (Å²) in [5, 5.41) is 5.29. The molecule has 1 fully saturated rings. The molecular weight excluding hydrogens is 292 g/mol. The van der Waals surface area contributed by atoms with Crippen LogP contribution in [0.1, 0.15) is 49.8 Å². The smallest absolute Gasteiger partial charge is 0.255 e. The van der Waals surface area contributed by atoms with E-state index in [1.807, 2.05) is 36.4 Å². The molecule has 0 spiro atoms. The molecule has 0 radical (unpaired) electrons. The number of amides is 1. The van der Waals surface area contributed by atoms with Gasteiger partial charge in [0, 0.05) is 24.5 Å². The van der Waals surface area contributed by atoms with E-state index in [9.17, 15) is 4.79 Å². The van der Waals surface area contributed by atoms with Gasteiger partial charge in [0.1, 0.15) is 0 Å². The predicted molar refractivity (Wildman–Crippen MR) is 88.6 cm³/mol. The molecular formula is C17H24N4O2. The van der Waals surface area contributed by atoms with Crippen LogP contribution in [0.4, 0.5) is 0 Å². The minimum Gasteiger partial charge on any atom is -0.372 e. The molecule has 1 saturated heterocycles. The van der Waals surface area contributed by atoms with E-state index in [-0.39, 0.29) is 24.2 Å². The van der Waals surface area contributed by atoms with Crippen LogP contribution in [-0.4, -0.2) is 50.9 Å². The maximum Gasteiger partial charge on any atom is 0.255 e. The standard InChI is InChI=1S/C17H24N4O2/c1-10(2)21-16-14(7-18-21)6-15(13(5)19-16)17(22)20-8-11(3)23-12(4)9-20/h6-7,10-12H,8-9H2,1-5H3/t11-,12-/m0/s1. The summed E-state index contributed by atoms with van der Waals surface area (Å²) in [6.07, 6.45) is 1.90. The van der Waals surface area contributed by atoms with Gasteiger partial charge >= 0.3 is 0 Å². The highest BCUT2D eigenvalue weighted by atomic mass is 16.5. The quantitative estimate of drug-likeness (QED) is 0.854. The number of nitrogens with zero attached hydrogens (tertiary/aromatic N) is 4. The Bertz CT molecular complexity index is 728. The lowest BCUT2D eigenvalue weighted by Gasteiger charge is -2.35. The third kappa shape index (κ3) is 2.95. The number of hydrogen-bond acceptors (Lipinski definition) is 4. The Morgan fingerprint density at radius 1 is 1.30 bits per heavy atom. The Kier molecular flexibility index (Phi) is 4.10. The maximum atomic E-state index is 12.9. The monoisotopic (exact) mass is 316 g/mol. The summed E-state index contributed by atoms with van der Waals surface area (Å²) in [6, 6.07) is 2.15. The Balaban J connectivity index is 1.96. The maximum absolute atomic E-state index is 12.9. The van der Waals surface area contributed by atoms with Crippen molar-refractivity contribution < 1.29 is 9.53 Å². The van der Waals surface area contributed by atoms with Crippen molar-refractivity contribution >= 4 is 16.9 Å². The van der Waals surface area contributed by atoms with Gasteiger partial charge in [0.25, 0.3) is 5.91 Å². The number of fused-ring (bicyclic) bond motifs is 1. The van der Waals surface area contributed by atoms with Crippen LogP contribution < -0.4 is 0 Å². The fourth-order valence-corrected chi connectivity index (χ4v) is 3.17. The van der Waals surface area contributed by atoms with Crippen LogP contribution in [0, 0.1) is 6.92 Å². The Labute approximate surface area is 136 Å². The first-order chi connectivity index (χ1) is 10.9.